The topological polar surface area (TPSA) is 69.8 Å². The van der Waals surface area contributed by atoms with Crippen molar-refractivity contribution in [2.75, 3.05) is 0 Å². The molecule has 2 aromatic heterocycles. The summed E-state index contributed by atoms with van der Waals surface area (Å²) in [5, 5.41) is 4.02. The van der Waals surface area contributed by atoms with Crippen molar-refractivity contribution in [3.05, 3.63) is 30.0 Å². The molecule has 0 saturated heterocycles. The second kappa shape index (κ2) is 5.57. The van der Waals surface area contributed by atoms with Crippen molar-refractivity contribution < 1.29 is 8.42 Å². The predicted molar refractivity (Wildman–Crippen MR) is 76.3 cm³/mol. The average Bonchev–Trinajstić information content (AvgIpc) is 2.91. The minimum Gasteiger partial charge on any atom is -0.333 e. The Balaban J connectivity index is 2.26. The number of rotatable bonds is 5. The van der Waals surface area contributed by atoms with E-state index in [1.807, 2.05) is 31.5 Å². The highest BCUT2D eigenvalue weighted by molar-refractivity contribution is 8.13. The van der Waals surface area contributed by atoms with Gasteiger partial charge in [0.05, 0.1) is 0 Å². The molecule has 20 heavy (non-hydrogen) atoms. The summed E-state index contributed by atoms with van der Waals surface area (Å²) in [6.45, 7) is 4.56. The van der Waals surface area contributed by atoms with Gasteiger partial charge in [-0.25, -0.2) is 13.4 Å². The SMILES string of the molecule is CC(C)c1nc(S(=O)(=O)Cl)cn1CCc1ccnn1C. The molecule has 2 rings (SSSR count). The largest absolute Gasteiger partial charge is 0.333 e. The number of hydrogen-bond donors (Lipinski definition) is 0. The van der Waals surface area contributed by atoms with Crippen molar-refractivity contribution in [3.63, 3.8) is 0 Å². The van der Waals surface area contributed by atoms with Gasteiger partial charge in [-0.05, 0) is 6.07 Å². The van der Waals surface area contributed by atoms with E-state index in [1.54, 1.807) is 10.9 Å². The van der Waals surface area contributed by atoms with Gasteiger partial charge in [-0.3, -0.25) is 4.68 Å². The lowest BCUT2D eigenvalue weighted by atomic mass is 10.2. The van der Waals surface area contributed by atoms with Gasteiger partial charge in [0, 0.05) is 54.7 Å². The Morgan fingerprint density at radius 1 is 1.40 bits per heavy atom. The third-order valence-electron chi connectivity index (χ3n) is 3.08. The first kappa shape index (κ1) is 15.1. The van der Waals surface area contributed by atoms with Crippen molar-refractivity contribution in [3.8, 4) is 0 Å². The van der Waals surface area contributed by atoms with Crippen LogP contribution >= 0.6 is 10.7 Å². The van der Waals surface area contributed by atoms with E-state index in [1.165, 1.54) is 6.20 Å². The molecule has 0 spiro atoms. The number of aromatic nitrogens is 4. The molecule has 0 amide bonds. The van der Waals surface area contributed by atoms with Crippen LogP contribution in [0.1, 0.15) is 31.3 Å². The minimum absolute atomic E-state index is 0.0899. The Hall–Kier alpha value is -1.34. The zero-order valence-corrected chi connectivity index (χ0v) is 13.2. The Bertz CT molecular complexity index is 703. The van der Waals surface area contributed by atoms with Crippen molar-refractivity contribution >= 4 is 19.7 Å². The van der Waals surface area contributed by atoms with Gasteiger partial charge in [-0.15, -0.1) is 0 Å². The molecule has 8 heteroatoms. The van der Waals surface area contributed by atoms with Gasteiger partial charge in [0.25, 0.3) is 9.05 Å². The van der Waals surface area contributed by atoms with Gasteiger partial charge >= 0.3 is 0 Å². The average molecular weight is 317 g/mol. The fourth-order valence-corrected chi connectivity index (χ4v) is 2.72. The molecule has 0 aliphatic rings. The molecular weight excluding hydrogens is 300 g/mol. The van der Waals surface area contributed by atoms with E-state index in [0.29, 0.717) is 12.4 Å². The standard InChI is InChI=1S/C12H17ClN4O2S/c1-9(2)12-15-11(20(13,18)19)8-17(12)7-5-10-4-6-14-16(10)3/h4,6,8-9H,5,7H2,1-3H3. The molecule has 0 radical (unpaired) electrons. The van der Waals surface area contributed by atoms with Crippen LogP contribution in [0.5, 0.6) is 0 Å². The van der Waals surface area contributed by atoms with E-state index in [2.05, 4.69) is 10.1 Å². The third-order valence-corrected chi connectivity index (χ3v) is 4.25. The predicted octanol–water partition coefficient (Wildman–Crippen LogP) is 1.91. The van der Waals surface area contributed by atoms with E-state index >= 15 is 0 Å². The summed E-state index contributed by atoms with van der Waals surface area (Å²) in [4.78, 5) is 4.12. The summed E-state index contributed by atoms with van der Waals surface area (Å²) < 4.78 is 26.4. The second-order valence-corrected chi connectivity index (χ2v) is 7.43. The molecule has 0 aliphatic heterocycles. The Morgan fingerprint density at radius 3 is 2.60 bits per heavy atom. The van der Waals surface area contributed by atoms with Crippen LogP contribution in [0.15, 0.2) is 23.5 Å². The van der Waals surface area contributed by atoms with Crippen LogP contribution < -0.4 is 0 Å². The van der Waals surface area contributed by atoms with E-state index in [0.717, 1.165) is 12.1 Å². The van der Waals surface area contributed by atoms with Gasteiger partial charge < -0.3 is 4.57 Å². The molecule has 0 N–H and O–H groups in total. The van der Waals surface area contributed by atoms with E-state index in [4.69, 9.17) is 10.7 Å². The second-order valence-electron chi connectivity index (χ2n) is 4.92. The van der Waals surface area contributed by atoms with Crippen LogP contribution in [0.2, 0.25) is 0 Å². The van der Waals surface area contributed by atoms with Crippen molar-refractivity contribution in [1.29, 1.82) is 0 Å². The summed E-state index contributed by atoms with van der Waals surface area (Å²) in [5.41, 5.74) is 1.07. The van der Waals surface area contributed by atoms with Crippen LogP contribution in [0.25, 0.3) is 0 Å². The van der Waals surface area contributed by atoms with Crippen molar-refractivity contribution in [2.45, 2.75) is 37.8 Å². The molecule has 2 heterocycles. The zero-order chi connectivity index (χ0) is 14.9. The number of imidazole rings is 1. The molecule has 0 aliphatic carbocycles. The van der Waals surface area contributed by atoms with Gasteiger partial charge in [0.1, 0.15) is 5.82 Å². The molecule has 0 saturated carbocycles. The Kier molecular flexibility index (Phi) is 4.19. The van der Waals surface area contributed by atoms with Crippen molar-refractivity contribution in [1.82, 2.24) is 19.3 Å². The van der Waals surface area contributed by atoms with Gasteiger partial charge in [0.15, 0.2) is 5.03 Å². The fraction of sp³-hybridized carbons (Fsp3) is 0.500. The molecular formula is C12H17ClN4O2S. The maximum Gasteiger partial charge on any atom is 0.280 e. The van der Waals surface area contributed by atoms with E-state index in [-0.39, 0.29) is 10.9 Å². The van der Waals surface area contributed by atoms with Crippen LogP contribution in [-0.4, -0.2) is 27.7 Å². The first-order valence-corrected chi connectivity index (χ1v) is 8.58. The summed E-state index contributed by atoms with van der Waals surface area (Å²) in [6, 6.07) is 1.94. The molecule has 0 bridgehead atoms. The molecule has 110 valence electrons. The van der Waals surface area contributed by atoms with Gasteiger partial charge in [0.2, 0.25) is 0 Å². The van der Waals surface area contributed by atoms with Gasteiger partial charge in [-0.2, -0.15) is 5.10 Å². The first-order valence-electron chi connectivity index (χ1n) is 6.27. The fourth-order valence-electron chi connectivity index (χ4n) is 2.04. The smallest absolute Gasteiger partial charge is 0.280 e. The lowest BCUT2D eigenvalue weighted by Gasteiger charge is -2.09. The molecule has 6 nitrogen and oxygen atoms in total. The number of halogens is 1. The summed E-state index contributed by atoms with van der Waals surface area (Å²) >= 11 is 0. The highest BCUT2D eigenvalue weighted by Crippen LogP contribution is 2.20. The molecule has 0 atom stereocenters. The monoisotopic (exact) mass is 316 g/mol. The molecule has 2 aromatic rings. The number of aryl methyl sites for hydroxylation is 3. The zero-order valence-electron chi connectivity index (χ0n) is 11.6. The highest BCUT2D eigenvalue weighted by atomic mass is 35.7. The molecule has 0 aromatic carbocycles. The first-order chi connectivity index (χ1) is 9.29. The van der Waals surface area contributed by atoms with E-state index in [9.17, 15) is 8.42 Å². The number of hydrogen-bond acceptors (Lipinski definition) is 4. The maximum absolute atomic E-state index is 11.4. The quantitative estimate of drug-likeness (QED) is 0.790. The maximum atomic E-state index is 11.4. The van der Waals surface area contributed by atoms with Crippen LogP contribution in [0.3, 0.4) is 0 Å². The van der Waals surface area contributed by atoms with Crippen LogP contribution in [0, 0.1) is 0 Å². The molecule has 0 unspecified atom stereocenters. The Morgan fingerprint density at radius 2 is 2.10 bits per heavy atom. The lowest BCUT2D eigenvalue weighted by Crippen LogP contribution is -2.09. The highest BCUT2D eigenvalue weighted by Gasteiger charge is 2.19. The van der Waals surface area contributed by atoms with E-state index < -0.39 is 9.05 Å². The van der Waals surface area contributed by atoms with Crippen LogP contribution in [-0.2, 0) is 29.1 Å². The van der Waals surface area contributed by atoms with Gasteiger partial charge in [-0.1, -0.05) is 13.8 Å². The third kappa shape index (κ3) is 3.21. The summed E-state index contributed by atoms with van der Waals surface area (Å²) in [6.07, 6.45) is 3.98. The Labute approximate surface area is 122 Å². The minimum atomic E-state index is -3.80. The summed E-state index contributed by atoms with van der Waals surface area (Å²) in [5.74, 6) is 0.833. The normalized spacial score (nSPS) is 12.2. The van der Waals surface area contributed by atoms with Crippen LogP contribution in [0.4, 0.5) is 0 Å². The number of nitrogens with zero attached hydrogens (tertiary/aromatic N) is 4. The molecule has 0 fully saturated rings. The summed E-state index contributed by atoms with van der Waals surface area (Å²) in [7, 11) is 3.44. The lowest BCUT2D eigenvalue weighted by molar-refractivity contribution is 0.594. The van der Waals surface area contributed by atoms with Crippen molar-refractivity contribution in [2.24, 2.45) is 7.05 Å².